The highest BCUT2D eigenvalue weighted by atomic mass is 19.1. The molecule has 8 aromatic rings. The zero-order chi connectivity index (χ0) is 42.8. The Bertz CT molecular complexity index is 3220. The van der Waals surface area contributed by atoms with Crippen LogP contribution in [0.5, 0.6) is 0 Å². The van der Waals surface area contributed by atoms with Gasteiger partial charge in [-0.15, -0.1) is 0 Å². The molecule has 0 spiro atoms. The van der Waals surface area contributed by atoms with E-state index in [0.717, 1.165) is 40.7 Å². The van der Waals surface area contributed by atoms with Gasteiger partial charge in [-0.1, -0.05) is 11.2 Å². The Balaban J connectivity index is 1.05. The van der Waals surface area contributed by atoms with Gasteiger partial charge in [0.15, 0.2) is 5.82 Å². The van der Waals surface area contributed by atoms with E-state index in [0.29, 0.717) is 77.7 Å². The van der Waals surface area contributed by atoms with Gasteiger partial charge in [-0.05, 0) is 113 Å². The lowest BCUT2D eigenvalue weighted by Crippen LogP contribution is -2.40. The van der Waals surface area contributed by atoms with E-state index in [-0.39, 0.29) is 28.9 Å². The predicted molar refractivity (Wildman–Crippen MR) is 226 cm³/mol. The highest BCUT2D eigenvalue weighted by Crippen LogP contribution is 2.55. The number of carbonyl (C=O) groups is 1. The molecule has 1 N–H and O–H groups in total. The third kappa shape index (κ3) is 5.86. The Morgan fingerprint density at radius 1 is 0.968 bits per heavy atom. The van der Waals surface area contributed by atoms with Gasteiger partial charge in [0.05, 0.1) is 63.2 Å². The molecule has 3 aliphatic rings. The minimum Gasteiger partial charge on any atom is -0.376 e. The molecule has 1 amide bonds. The first-order valence-corrected chi connectivity index (χ1v) is 21.1. The van der Waals surface area contributed by atoms with Crippen LogP contribution in [0.2, 0.25) is 0 Å². The Labute approximate surface area is 354 Å². The lowest BCUT2D eigenvalue weighted by molar-refractivity contribution is -0.0593. The summed E-state index contributed by atoms with van der Waals surface area (Å²) in [6.07, 6.45) is 16.3. The Morgan fingerprint density at radius 2 is 1.76 bits per heavy atom. The number of carbonyl (C=O) groups excluding carboxylic acids is 1. The maximum atomic E-state index is 15.4. The number of aryl methyl sites for hydroxylation is 2. The number of benzene rings is 1. The number of imidazole rings is 2. The number of hydrogen-bond acceptors (Lipinski definition) is 8. The van der Waals surface area contributed by atoms with Crippen LogP contribution >= 0.6 is 0 Å². The molecule has 2 atom stereocenters. The van der Waals surface area contributed by atoms with Crippen LogP contribution in [0.4, 0.5) is 4.39 Å². The number of halogens is 1. The normalized spacial score (nSPS) is 19.4. The average Bonchev–Trinajstić information content (AvgIpc) is 3.77. The van der Waals surface area contributed by atoms with Crippen molar-refractivity contribution in [1.29, 1.82) is 0 Å². The lowest BCUT2D eigenvalue weighted by Gasteiger charge is -2.35. The van der Waals surface area contributed by atoms with E-state index in [1.54, 1.807) is 64.7 Å². The fourth-order valence-electron chi connectivity index (χ4n) is 10.1. The Kier molecular flexibility index (Phi) is 8.36. The summed E-state index contributed by atoms with van der Waals surface area (Å²) >= 11 is 0. The maximum absolute atomic E-state index is 15.4. The number of pyridine rings is 2. The van der Waals surface area contributed by atoms with Gasteiger partial charge >= 0.3 is 11.4 Å². The van der Waals surface area contributed by atoms with Gasteiger partial charge in [-0.3, -0.25) is 23.4 Å². The summed E-state index contributed by atoms with van der Waals surface area (Å²) in [6.45, 7) is 10.6. The third-order valence-corrected chi connectivity index (χ3v) is 13.4. The smallest absolute Gasteiger partial charge is 0.376 e. The molecule has 1 aliphatic carbocycles. The van der Waals surface area contributed by atoms with E-state index < -0.39 is 17.2 Å². The van der Waals surface area contributed by atoms with Gasteiger partial charge in [-0.2, -0.15) is 5.10 Å². The van der Waals surface area contributed by atoms with Gasteiger partial charge in [0, 0.05) is 61.7 Å². The van der Waals surface area contributed by atoms with Crippen molar-refractivity contribution in [2.75, 3.05) is 13.2 Å². The molecule has 0 radical (unpaired) electrons. The number of ether oxygens (including phenoxy) is 1. The number of aromatic amines is 1. The van der Waals surface area contributed by atoms with Crippen LogP contribution < -0.4 is 11.4 Å². The van der Waals surface area contributed by atoms with Crippen LogP contribution in [0.1, 0.15) is 108 Å². The summed E-state index contributed by atoms with van der Waals surface area (Å²) in [7, 11) is 0. The zero-order valence-corrected chi connectivity index (χ0v) is 35.1. The molecule has 2 fully saturated rings. The van der Waals surface area contributed by atoms with Crippen molar-refractivity contribution < 1.29 is 18.4 Å². The largest absolute Gasteiger partial charge is 0.438 e. The number of nitrogens with one attached hydrogen (secondary N) is 1. The average molecular weight is 837 g/mol. The lowest BCUT2D eigenvalue weighted by atomic mass is 9.84. The van der Waals surface area contributed by atoms with Crippen LogP contribution in [0, 0.1) is 19.7 Å². The quantitative estimate of drug-likeness (QED) is 0.187. The Hall–Kier alpha value is -6.81. The molecular weight excluding hydrogens is 792 g/mol. The second-order valence-electron chi connectivity index (χ2n) is 17.8. The highest BCUT2D eigenvalue weighted by Gasteiger charge is 2.53. The highest BCUT2D eigenvalue weighted by molar-refractivity contribution is 5.99. The van der Waals surface area contributed by atoms with Crippen molar-refractivity contribution in [1.82, 2.24) is 47.7 Å². The first kappa shape index (κ1) is 38.1. The number of rotatable bonds is 7. The van der Waals surface area contributed by atoms with Crippen LogP contribution in [-0.4, -0.2) is 72.4 Å². The molecule has 0 unspecified atom stereocenters. The fraction of sp³-hybridized carbons (Fsp3) is 0.348. The third-order valence-electron chi connectivity index (χ3n) is 13.4. The summed E-state index contributed by atoms with van der Waals surface area (Å²) in [4.78, 5) is 51.2. The molecule has 9 heterocycles. The monoisotopic (exact) mass is 836 g/mol. The van der Waals surface area contributed by atoms with E-state index in [4.69, 9.17) is 14.4 Å². The molecule has 15 nitrogen and oxygen atoms in total. The van der Waals surface area contributed by atoms with Crippen molar-refractivity contribution in [3.8, 4) is 17.2 Å². The van der Waals surface area contributed by atoms with E-state index in [9.17, 15) is 9.59 Å². The molecule has 0 bridgehead atoms. The number of aromatic nitrogens is 9. The van der Waals surface area contributed by atoms with E-state index in [1.807, 2.05) is 45.2 Å². The number of nitrogens with zero attached hydrogens (tertiary/aromatic N) is 9. The van der Waals surface area contributed by atoms with Crippen molar-refractivity contribution in [3.05, 3.63) is 152 Å². The van der Waals surface area contributed by atoms with Crippen LogP contribution in [-0.2, 0) is 16.6 Å². The minimum atomic E-state index is -0.719. The summed E-state index contributed by atoms with van der Waals surface area (Å²) in [5, 5.41) is 9.25. The van der Waals surface area contributed by atoms with Gasteiger partial charge < -0.3 is 18.4 Å². The number of amides is 1. The van der Waals surface area contributed by atoms with Crippen molar-refractivity contribution >= 4 is 16.9 Å². The molecule has 1 saturated carbocycles. The first-order valence-electron chi connectivity index (χ1n) is 21.1. The molecule has 1 aromatic carbocycles. The van der Waals surface area contributed by atoms with Crippen molar-refractivity contribution in [3.63, 3.8) is 0 Å². The van der Waals surface area contributed by atoms with E-state index >= 15 is 9.18 Å². The molecule has 2 aliphatic heterocycles. The van der Waals surface area contributed by atoms with E-state index in [2.05, 4.69) is 47.3 Å². The van der Waals surface area contributed by atoms with E-state index in [1.165, 1.54) is 0 Å². The summed E-state index contributed by atoms with van der Waals surface area (Å²) in [6, 6.07) is 10.9. The van der Waals surface area contributed by atoms with Gasteiger partial charge in [-0.25, -0.2) is 23.6 Å². The Morgan fingerprint density at radius 3 is 2.50 bits per heavy atom. The molecular formula is C46H45FN10O5. The van der Waals surface area contributed by atoms with Crippen molar-refractivity contribution in [2.24, 2.45) is 0 Å². The van der Waals surface area contributed by atoms with Crippen LogP contribution in [0.25, 0.3) is 28.2 Å². The van der Waals surface area contributed by atoms with Crippen molar-refractivity contribution in [2.45, 2.75) is 89.7 Å². The second-order valence-corrected chi connectivity index (χ2v) is 17.8. The fourth-order valence-corrected chi connectivity index (χ4v) is 10.1. The summed E-state index contributed by atoms with van der Waals surface area (Å²) < 4.78 is 34.9. The van der Waals surface area contributed by atoms with Gasteiger partial charge in [0.2, 0.25) is 0 Å². The standard InChI is InChI=1S/C46H45FN10O5/c1-26-18-32(19-27(2)39(26)47)57-40(56-16-15-55(44(56)60)31-8-13-52-25-48-22-33(52)20-31)37-28(3)54(14-9-35(37)50-57)41(58)34-24-53-23-30(29-10-17-61-45(4,5)21-29)6-7-36(53)38(34)46(11-12-46)42-49-43(59)62-51-42/h6-8,13,15-16,18-20,22-25,28-29H,9-12,14,17,21H2,1-5H3,(H,49,51,59)/t28-,29-/m0/s1. The molecule has 62 heavy (non-hydrogen) atoms. The van der Waals surface area contributed by atoms with Crippen LogP contribution in [0.15, 0.2) is 94.0 Å². The van der Waals surface area contributed by atoms with Gasteiger partial charge in [0.1, 0.15) is 11.6 Å². The summed E-state index contributed by atoms with van der Waals surface area (Å²) in [5.41, 5.74) is 6.43. The first-order chi connectivity index (χ1) is 29.8. The maximum Gasteiger partial charge on any atom is 0.438 e. The zero-order valence-electron chi connectivity index (χ0n) is 35.1. The second kappa shape index (κ2) is 13.6. The molecule has 7 aromatic heterocycles. The SMILES string of the molecule is Cc1cc(-n2nc3c(c2-n2ccn(-c4ccn5cncc5c4)c2=O)[C@H](C)N(C(=O)c2cn4cc([C@H]5CCOC(C)(C)C5)ccc4c2C2(c4noc(=O)[nH]4)CC2)CC3)cc(C)c1F. The molecule has 11 rings (SSSR count). The molecule has 16 heteroatoms. The summed E-state index contributed by atoms with van der Waals surface area (Å²) in [5.74, 6) is 0.00364. The molecule has 1 saturated heterocycles. The van der Waals surface area contributed by atoms with Gasteiger partial charge in [0.25, 0.3) is 5.91 Å². The number of hydrogen-bond donors (Lipinski definition) is 1. The van der Waals surface area contributed by atoms with Crippen LogP contribution in [0.3, 0.4) is 0 Å². The minimum absolute atomic E-state index is 0.195. The number of H-pyrrole nitrogens is 1. The predicted octanol–water partition coefficient (Wildman–Crippen LogP) is 6.66. The topological polar surface area (TPSA) is 155 Å². The number of fused-ring (bicyclic) bond motifs is 3. The molecule has 316 valence electrons.